The smallest absolute Gasteiger partial charge is 0.252 e. The van der Waals surface area contributed by atoms with E-state index in [1.807, 2.05) is 6.92 Å². The molecule has 0 unspecified atom stereocenters. The lowest BCUT2D eigenvalue weighted by atomic mass is 10.1. The number of aryl methyl sites for hydroxylation is 1. The molecule has 4 rings (SSSR count). The molecule has 1 aliphatic rings. The number of anilines is 2. The molecule has 146 valence electrons. The summed E-state index contributed by atoms with van der Waals surface area (Å²) in [6, 6.07) is 7.55. The number of nitrogens with zero attached hydrogens (tertiary/aromatic N) is 3. The lowest BCUT2D eigenvalue weighted by Crippen LogP contribution is -2.33. The molecule has 7 nitrogen and oxygen atoms in total. The Morgan fingerprint density at radius 3 is 2.82 bits per heavy atom. The molecule has 1 amide bonds. The van der Waals surface area contributed by atoms with Gasteiger partial charge in [0, 0.05) is 24.5 Å². The van der Waals surface area contributed by atoms with Crippen LogP contribution in [0.4, 0.5) is 16.1 Å². The second-order valence-corrected chi connectivity index (χ2v) is 6.98. The summed E-state index contributed by atoms with van der Waals surface area (Å²) in [5, 5.41) is 10.2. The first-order valence-electron chi connectivity index (χ1n) is 9.40. The number of carbonyl (C=O) groups is 1. The number of likely N-dealkylation sites (tertiary alicyclic amines) is 1. The lowest BCUT2D eigenvalue weighted by molar-refractivity contribution is 0.0951. The molecule has 0 aliphatic carbocycles. The molecule has 1 saturated heterocycles. The quantitative estimate of drug-likeness (QED) is 0.680. The zero-order valence-corrected chi connectivity index (χ0v) is 15.7. The van der Waals surface area contributed by atoms with Gasteiger partial charge in [-0.3, -0.25) is 4.79 Å². The van der Waals surface area contributed by atoms with Crippen LogP contribution >= 0.6 is 0 Å². The highest BCUT2D eigenvalue weighted by Gasteiger charge is 2.16. The third-order valence-corrected chi connectivity index (χ3v) is 4.81. The van der Waals surface area contributed by atoms with E-state index in [1.54, 1.807) is 18.2 Å². The van der Waals surface area contributed by atoms with E-state index in [4.69, 9.17) is 4.52 Å². The molecule has 1 aliphatic heterocycles. The summed E-state index contributed by atoms with van der Waals surface area (Å²) in [5.74, 6) is 0.188. The molecule has 0 spiro atoms. The number of rotatable bonds is 6. The fourth-order valence-corrected chi connectivity index (χ4v) is 3.43. The summed E-state index contributed by atoms with van der Waals surface area (Å²) >= 11 is 0. The molecule has 3 aromatic rings. The van der Waals surface area contributed by atoms with Gasteiger partial charge in [-0.1, -0.05) is 5.16 Å². The van der Waals surface area contributed by atoms with Gasteiger partial charge in [0.15, 0.2) is 0 Å². The van der Waals surface area contributed by atoms with E-state index < -0.39 is 5.82 Å². The number of benzene rings is 1. The van der Waals surface area contributed by atoms with Crippen molar-refractivity contribution in [3.63, 3.8) is 0 Å². The van der Waals surface area contributed by atoms with Crippen molar-refractivity contribution in [1.29, 1.82) is 0 Å². The molecule has 28 heavy (non-hydrogen) atoms. The Hall–Kier alpha value is -3.00. The normalized spacial score (nSPS) is 14.5. The third-order valence-electron chi connectivity index (χ3n) is 4.81. The number of amides is 1. The van der Waals surface area contributed by atoms with E-state index in [2.05, 4.69) is 25.7 Å². The highest BCUT2D eigenvalue weighted by molar-refractivity contribution is 6.07. The summed E-state index contributed by atoms with van der Waals surface area (Å²) in [6.07, 6.45) is 2.41. The van der Waals surface area contributed by atoms with E-state index >= 15 is 0 Å². The number of hydrogen-bond acceptors (Lipinski definition) is 6. The molecule has 2 aromatic heterocycles. The van der Waals surface area contributed by atoms with Gasteiger partial charge in [0.25, 0.3) is 5.91 Å². The van der Waals surface area contributed by atoms with Gasteiger partial charge in [-0.05, 0) is 57.1 Å². The maximum atomic E-state index is 13.8. The van der Waals surface area contributed by atoms with E-state index in [0.29, 0.717) is 34.7 Å². The van der Waals surface area contributed by atoms with Gasteiger partial charge in [0.05, 0.1) is 16.8 Å². The average molecular weight is 383 g/mol. The predicted octanol–water partition coefficient (Wildman–Crippen LogP) is 3.24. The monoisotopic (exact) mass is 383 g/mol. The maximum absolute atomic E-state index is 13.8. The molecule has 1 aromatic carbocycles. The highest BCUT2D eigenvalue weighted by Crippen LogP contribution is 2.24. The Balaban J connectivity index is 1.58. The van der Waals surface area contributed by atoms with E-state index in [-0.39, 0.29) is 5.91 Å². The topological polar surface area (TPSA) is 83.3 Å². The maximum Gasteiger partial charge on any atom is 0.252 e. The zero-order valence-electron chi connectivity index (χ0n) is 15.7. The van der Waals surface area contributed by atoms with Crippen molar-refractivity contribution < 1.29 is 13.7 Å². The van der Waals surface area contributed by atoms with Crippen molar-refractivity contribution in [2.45, 2.75) is 19.8 Å². The molecule has 2 N–H and O–H groups in total. The molecule has 0 radical (unpaired) electrons. The fourth-order valence-electron chi connectivity index (χ4n) is 3.43. The van der Waals surface area contributed by atoms with Crippen molar-refractivity contribution in [2.75, 3.05) is 31.5 Å². The molecule has 1 fully saturated rings. The Morgan fingerprint density at radius 1 is 1.25 bits per heavy atom. The Bertz CT molecular complexity index is 997. The van der Waals surface area contributed by atoms with E-state index in [1.165, 1.54) is 25.0 Å². The summed E-state index contributed by atoms with van der Waals surface area (Å²) in [4.78, 5) is 19.6. The van der Waals surface area contributed by atoms with Gasteiger partial charge in [0.2, 0.25) is 5.88 Å². The number of nitrogens with one attached hydrogen (secondary N) is 2. The number of carbonyl (C=O) groups excluding carboxylic acids is 1. The third kappa shape index (κ3) is 4.12. The van der Waals surface area contributed by atoms with Gasteiger partial charge in [-0.2, -0.15) is 0 Å². The molecular weight excluding hydrogens is 361 g/mol. The minimum atomic E-state index is -0.410. The second-order valence-electron chi connectivity index (χ2n) is 6.98. The molecule has 0 atom stereocenters. The summed E-state index contributed by atoms with van der Waals surface area (Å²) in [6.45, 7) is 5.31. The summed E-state index contributed by atoms with van der Waals surface area (Å²) in [5.41, 5.74) is 1.61. The number of hydrogen-bond donors (Lipinski definition) is 2. The first-order valence-corrected chi connectivity index (χ1v) is 9.40. The number of fused-ring (bicyclic) bond motifs is 1. The number of aromatic nitrogens is 2. The Labute approximate surface area is 161 Å². The zero-order chi connectivity index (χ0) is 19.5. The van der Waals surface area contributed by atoms with Gasteiger partial charge in [-0.15, -0.1) is 0 Å². The van der Waals surface area contributed by atoms with Crippen LogP contribution in [0.25, 0.3) is 10.9 Å². The van der Waals surface area contributed by atoms with Gasteiger partial charge >= 0.3 is 0 Å². The minimum absolute atomic E-state index is 0.256. The molecular formula is C20H22FN5O2. The van der Waals surface area contributed by atoms with Crippen molar-refractivity contribution >= 4 is 28.5 Å². The lowest BCUT2D eigenvalue weighted by Gasteiger charge is -2.15. The SMILES string of the molecule is Cc1cc(Nc2cc(C(=O)NCCN3CCCC3)c3cc(F)ccc3n2)on1. The van der Waals surface area contributed by atoms with Gasteiger partial charge in [0.1, 0.15) is 11.6 Å². The highest BCUT2D eigenvalue weighted by atomic mass is 19.1. The van der Waals surface area contributed by atoms with Crippen LogP contribution in [0.2, 0.25) is 0 Å². The molecule has 0 saturated carbocycles. The van der Waals surface area contributed by atoms with Crippen molar-refractivity contribution in [3.8, 4) is 0 Å². The number of halogens is 1. The second kappa shape index (κ2) is 7.93. The molecule has 0 bridgehead atoms. The van der Waals surface area contributed by atoms with Crippen LogP contribution in [-0.2, 0) is 0 Å². The van der Waals surface area contributed by atoms with Crippen LogP contribution in [0.15, 0.2) is 34.9 Å². The van der Waals surface area contributed by atoms with Crippen molar-refractivity contribution in [1.82, 2.24) is 20.4 Å². The standard InChI is InChI=1S/C20H22FN5O2/c1-13-10-19(28-25-13)24-18-12-16(15-11-14(21)4-5-17(15)23-18)20(27)22-6-9-26-7-2-3-8-26/h4-5,10-12H,2-3,6-9H2,1H3,(H,22,27)(H,23,24). The predicted molar refractivity (Wildman–Crippen MR) is 104 cm³/mol. The largest absolute Gasteiger partial charge is 0.351 e. The van der Waals surface area contributed by atoms with Crippen LogP contribution in [0.3, 0.4) is 0 Å². The first-order chi connectivity index (χ1) is 13.6. The minimum Gasteiger partial charge on any atom is -0.351 e. The average Bonchev–Trinajstić information content (AvgIpc) is 3.33. The molecule has 8 heteroatoms. The van der Waals surface area contributed by atoms with E-state index in [0.717, 1.165) is 25.3 Å². The Morgan fingerprint density at radius 2 is 2.07 bits per heavy atom. The van der Waals surface area contributed by atoms with Crippen LogP contribution in [-0.4, -0.2) is 47.1 Å². The van der Waals surface area contributed by atoms with Gasteiger partial charge in [-0.25, -0.2) is 9.37 Å². The summed E-state index contributed by atoms with van der Waals surface area (Å²) in [7, 11) is 0. The first kappa shape index (κ1) is 18.4. The van der Waals surface area contributed by atoms with Crippen LogP contribution < -0.4 is 10.6 Å². The van der Waals surface area contributed by atoms with E-state index in [9.17, 15) is 9.18 Å². The fraction of sp³-hybridized carbons (Fsp3) is 0.350. The molecule has 3 heterocycles. The summed E-state index contributed by atoms with van der Waals surface area (Å²) < 4.78 is 18.9. The number of pyridine rings is 1. The van der Waals surface area contributed by atoms with Crippen molar-refractivity contribution in [2.24, 2.45) is 0 Å². The van der Waals surface area contributed by atoms with Crippen LogP contribution in [0.1, 0.15) is 28.9 Å². The van der Waals surface area contributed by atoms with Crippen LogP contribution in [0, 0.1) is 12.7 Å². The van der Waals surface area contributed by atoms with Crippen molar-refractivity contribution in [3.05, 3.63) is 47.4 Å². The van der Waals surface area contributed by atoms with Crippen LogP contribution in [0.5, 0.6) is 0 Å². The van der Waals surface area contributed by atoms with Gasteiger partial charge < -0.3 is 20.1 Å². The Kier molecular flexibility index (Phi) is 5.21.